The normalized spacial score (nSPS) is 15.2. The van der Waals surface area contributed by atoms with Crippen LogP contribution >= 0.6 is 19.7 Å². The van der Waals surface area contributed by atoms with Gasteiger partial charge in [0.2, 0.25) is 0 Å². The van der Waals surface area contributed by atoms with Crippen LogP contribution in [0.5, 0.6) is 0 Å². The lowest BCUT2D eigenvalue weighted by molar-refractivity contribution is 0.0596. The van der Waals surface area contributed by atoms with Gasteiger partial charge in [0, 0.05) is 33.6 Å². The quantitative estimate of drug-likeness (QED) is 0.518. The Bertz CT molecular complexity index is 980. The maximum absolute atomic E-state index is 12.4. The van der Waals surface area contributed by atoms with Crippen LogP contribution < -0.4 is 10.6 Å². The molecule has 3 aromatic rings. The average Bonchev–Trinajstić information content (AvgIpc) is 3.45. The van der Waals surface area contributed by atoms with E-state index in [-0.39, 0.29) is 0 Å². The number of hydrogen-bond acceptors (Lipinski definition) is 3. The van der Waals surface area contributed by atoms with Gasteiger partial charge in [0.1, 0.15) is 5.69 Å². The first-order valence-electron chi connectivity index (χ1n) is 8.46. The van der Waals surface area contributed by atoms with Crippen molar-refractivity contribution >= 4 is 47.2 Å². The van der Waals surface area contributed by atoms with E-state index in [1.807, 2.05) is 12.1 Å². The Morgan fingerprint density at radius 3 is 2.69 bits per heavy atom. The van der Waals surface area contributed by atoms with Crippen LogP contribution in [0.1, 0.15) is 34.8 Å². The van der Waals surface area contributed by atoms with Crippen LogP contribution in [0, 0.1) is 0 Å². The van der Waals surface area contributed by atoms with Crippen molar-refractivity contribution in [2.45, 2.75) is 18.8 Å². The monoisotopic (exact) mass is 387 g/mol. The molecular formula is C20H19ClNO3P. The van der Waals surface area contributed by atoms with E-state index in [4.69, 9.17) is 20.9 Å². The summed E-state index contributed by atoms with van der Waals surface area (Å²) in [5, 5.41) is 3.41. The first kappa shape index (κ1) is 17.5. The summed E-state index contributed by atoms with van der Waals surface area (Å²) in [6.07, 6.45) is 2.48. The van der Waals surface area contributed by atoms with Crippen molar-refractivity contribution in [2.75, 3.05) is 14.2 Å². The summed E-state index contributed by atoms with van der Waals surface area (Å²) in [7, 11) is 1.88. The molecular weight excluding hydrogens is 369 g/mol. The van der Waals surface area contributed by atoms with Gasteiger partial charge in [0.25, 0.3) is 0 Å². The number of aromatic amines is 1. The van der Waals surface area contributed by atoms with Gasteiger partial charge in [-0.05, 0) is 48.6 Å². The molecule has 1 aromatic heterocycles. The van der Waals surface area contributed by atoms with Crippen molar-refractivity contribution in [3.05, 3.63) is 58.7 Å². The van der Waals surface area contributed by atoms with Crippen molar-refractivity contribution in [3.8, 4) is 0 Å². The van der Waals surface area contributed by atoms with E-state index >= 15 is 0 Å². The van der Waals surface area contributed by atoms with Gasteiger partial charge in [-0.15, -0.1) is 0 Å². The molecule has 134 valence electrons. The zero-order chi connectivity index (χ0) is 18.3. The third kappa shape index (κ3) is 3.14. The molecule has 0 spiro atoms. The minimum absolute atomic E-state index is 0.407. The largest absolute Gasteiger partial charge is 0.464 e. The molecule has 1 heterocycles. The van der Waals surface area contributed by atoms with Gasteiger partial charge < -0.3 is 14.2 Å². The molecule has 6 heteroatoms. The molecule has 1 N–H and O–H groups in total. The standard InChI is InChI=1S/C20H19ClNO3P/c1-24-20(23)18-19(16-11-14(21)8-9-17(16)22-18)26(25-2)15-5-3-4-13(10-15)12-6-7-12/h3-5,8-12,22H,6-7H2,1-2H3. The molecule has 1 aliphatic rings. The zero-order valence-corrected chi connectivity index (χ0v) is 16.2. The maximum atomic E-state index is 12.4. The third-order valence-electron chi connectivity index (χ3n) is 4.66. The molecule has 0 saturated heterocycles. The highest BCUT2D eigenvalue weighted by Gasteiger charge is 2.29. The molecule has 0 bridgehead atoms. The summed E-state index contributed by atoms with van der Waals surface area (Å²) in [5.74, 6) is 0.247. The Hall–Kier alpha value is -1.87. The molecule has 1 saturated carbocycles. The number of rotatable bonds is 5. The SMILES string of the molecule is COC(=O)c1[nH]c2ccc(Cl)cc2c1P(OC)c1cccc(C2CC2)c1. The molecule has 26 heavy (non-hydrogen) atoms. The Kier molecular flexibility index (Phi) is 4.74. The zero-order valence-electron chi connectivity index (χ0n) is 14.6. The van der Waals surface area contributed by atoms with Crippen LogP contribution in [0.4, 0.5) is 0 Å². The molecule has 0 radical (unpaired) electrons. The first-order chi connectivity index (χ1) is 12.6. The third-order valence-corrected chi connectivity index (χ3v) is 6.88. The molecule has 0 aliphatic heterocycles. The van der Waals surface area contributed by atoms with Gasteiger partial charge in [-0.25, -0.2) is 4.79 Å². The number of esters is 1. The van der Waals surface area contributed by atoms with Crippen molar-refractivity contribution in [3.63, 3.8) is 0 Å². The molecule has 2 aromatic carbocycles. The van der Waals surface area contributed by atoms with Gasteiger partial charge in [-0.2, -0.15) is 0 Å². The Morgan fingerprint density at radius 1 is 1.19 bits per heavy atom. The van der Waals surface area contributed by atoms with Gasteiger partial charge in [-0.3, -0.25) is 0 Å². The predicted octanol–water partition coefficient (Wildman–Crippen LogP) is 4.48. The lowest BCUT2D eigenvalue weighted by Gasteiger charge is -2.17. The van der Waals surface area contributed by atoms with Crippen LogP contribution in [0.2, 0.25) is 5.02 Å². The number of carbonyl (C=O) groups is 1. The van der Waals surface area contributed by atoms with Gasteiger partial charge in [0.05, 0.1) is 15.3 Å². The van der Waals surface area contributed by atoms with E-state index in [1.54, 1.807) is 13.2 Å². The minimum Gasteiger partial charge on any atom is -0.464 e. The number of nitrogens with one attached hydrogen (secondary N) is 1. The van der Waals surface area contributed by atoms with Crippen LogP contribution in [-0.4, -0.2) is 25.2 Å². The van der Waals surface area contributed by atoms with E-state index in [9.17, 15) is 4.79 Å². The highest BCUT2D eigenvalue weighted by molar-refractivity contribution is 7.69. The van der Waals surface area contributed by atoms with E-state index in [0.717, 1.165) is 21.5 Å². The number of ether oxygens (including phenoxy) is 1. The summed E-state index contributed by atoms with van der Waals surface area (Å²) in [5.41, 5.74) is 2.60. The molecule has 1 unspecified atom stereocenters. The molecule has 1 atom stereocenters. The fraction of sp³-hybridized carbons (Fsp3) is 0.250. The van der Waals surface area contributed by atoms with Crippen molar-refractivity contribution < 1.29 is 14.1 Å². The number of carbonyl (C=O) groups excluding carboxylic acids is 1. The van der Waals surface area contributed by atoms with Crippen molar-refractivity contribution in [1.82, 2.24) is 4.98 Å². The second-order valence-corrected chi connectivity index (χ2v) is 8.73. The number of benzene rings is 2. The second kappa shape index (κ2) is 7.03. The first-order valence-corrected chi connectivity index (χ1v) is 10.1. The maximum Gasteiger partial charge on any atom is 0.355 e. The molecule has 4 nitrogen and oxygen atoms in total. The fourth-order valence-corrected chi connectivity index (χ4v) is 5.32. The lowest BCUT2D eigenvalue weighted by atomic mass is 10.1. The van der Waals surface area contributed by atoms with E-state index in [1.165, 1.54) is 25.5 Å². The molecule has 0 amide bonds. The second-order valence-electron chi connectivity index (χ2n) is 6.38. The number of fused-ring (bicyclic) bond motifs is 1. The highest BCUT2D eigenvalue weighted by Crippen LogP contribution is 2.43. The Balaban J connectivity index is 1.90. The Morgan fingerprint density at radius 2 is 2.00 bits per heavy atom. The van der Waals surface area contributed by atoms with E-state index < -0.39 is 14.1 Å². The highest BCUT2D eigenvalue weighted by atomic mass is 35.5. The number of methoxy groups -OCH3 is 1. The number of aromatic nitrogens is 1. The topological polar surface area (TPSA) is 51.3 Å². The van der Waals surface area contributed by atoms with E-state index in [0.29, 0.717) is 16.6 Å². The smallest absolute Gasteiger partial charge is 0.355 e. The van der Waals surface area contributed by atoms with Gasteiger partial charge >= 0.3 is 5.97 Å². The summed E-state index contributed by atoms with van der Waals surface area (Å²) in [6.45, 7) is 0. The number of hydrogen-bond donors (Lipinski definition) is 1. The molecule has 1 aliphatic carbocycles. The average molecular weight is 388 g/mol. The number of H-pyrrole nitrogens is 1. The number of halogens is 1. The van der Waals surface area contributed by atoms with E-state index in [2.05, 4.69) is 29.2 Å². The van der Waals surface area contributed by atoms with Crippen LogP contribution in [0.15, 0.2) is 42.5 Å². The summed E-state index contributed by atoms with van der Waals surface area (Å²) < 4.78 is 10.9. The van der Waals surface area contributed by atoms with Crippen molar-refractivity contribution in [2.24, 2.45) is 0 Å². The Labute approximate surface area is 158 Å². The molecule has 4 rings (SSSR count). The summed E-state index contributed by atoms with van der Waals surface area (Å²) in [4.78, 5) is 15.6. The lowest BCUT2D eigenvalue weighted by Crippen LogP contribution is -2.20. The van der Waals surface area contributed by atoms with Gasteiger partial charge in [-0.1, -0.05) is 29.8 Å². The van der Waals surface area contributed by atoms with Gasteiger partial charge in [0.15, 0.2) is 0 Å². The van der Waals surface area contributed by atoms with Crippen LogP contribution in [0.3, 0.4) is 0 Å². The van der Waals surface area contributed by atoms with Crippen LogP contribution in [-0.2, 0) is 9.26 Å². The molecule has 1 fully saturated rings. The minimum atomic E-state index is -1.19. The van der Waals surface area contributed by atoms with Crippen LogP contribution in [0.25, 0.3) is 10.9 Å². The predicted molar refractivity (Wildman–Crippen MR) is 106 cm³/mol. The van der Waals surface area contributed by atoms with Crippen molar-refractivity contribution in [1.29, 1.82) is 0 Å². The summed E-state index contributed by atoms with van der Waals surface area (Å²) in [6, 6.07) is 14.0. The summed E-state index contributed by atoms with van der Waals surface area (Å²) >= 11 is 6.22. The fourth-order valence-electron chi connectivity index (χ4n) is 3.26.